The first-order valence-corrected chi connectivity index (χ1v) is 13.0. The molecule has 0 radical (unpaired) electrons. The van der Waals surface area contributed by atoms with Crippen LogP contribution in [0.25, 0.3) is 0 Å². The lowest BCUT2D eigenvalue weighted by Gasteiger charge is -2.37. The topological polar surface area (TPSA) is 73.6 Å². The lowest BCUT2D eigenvalue weighted by Crippen LogP contribution is -2.30. The summed E-state index contributed by atoms with van der Waals surface area (Å²) in [6, 6.07) is 12.0. The van der Waals surface area contributed by atoms with Crippen molar-refractivity contribution in [3.63, 3.8) is 0 Å². The zero-order valence-corrected chi connectivity index (χ0v) is 22.8. The average Bonchev–Trinajstić information content (AvgIpc) is 3.33. The molecule has 0 unspecified atom stereocenters. The fourth-order valence-electron chi connectivity index (χ4n) is 4.99. The minimum absolute atomic E-state index is 0.0743. The second kappa shape index (κ2) is 10.1. The second-order valence-corrected chi connectivity index (χ2v) is 10.8. The Labute approximate surface area is 231 Å². The third kappa shape index (κ3) is 4.54. The van der Waals surface area contributed by atoms with E-state index in [1.165, 1.54) is 6.07 Å². The highest BCUT2D eigenvalue weighted by atomic mass is 79.9. The molecule has 1 aliphatic heterocycles. The summed E-state index contributed by atoms with van der Waals surface area (Å²) in [6.45, 7) is 0.229. The number of anilines is 1. The van der Waals surface area contributed by atoms with E-state index in [0.717, 1.165) is 17.5 Å². The summed E-state index contributed by atoms with van der Waals surface area (Å²) in [6.07, 6.45) is 4.89. The summed E-state index contributed by atoms with van der Waals surface area (Å²) in [5.74, 6) is 1.03. The molecule has 1 aliphatic carbocycles. The van der Waals surface area contributed by atoms with Gasteiger partial charge in [0.1, 0.15) is 6.61 Å². The van der Waals surface area contributed by atoms with E-state index in [0.29, 0.717) is 42.3 Å². The smallest absolute Gasteiger partial charge is 0.275 e. The standard InChI is InChI=1S/C26H20BrCl3N2O4/c1-35-22-10-14(9-18(27)26(22)36-12-13-5-6-15(28)11-20(13)30)24-17-4-2-3-16(17)23-21(32(33)34)8-7-19(29)25(23)31-24/h2-3,5-11,16-17,24,31H,4,12H2,1H3/t16-,17+,24+/m1/s1. The lowest BCUT2D eigenvalue weighted by atomic mass is 9.76. The van der Waals surface area contributed by atoms with Crippen LogP contribution in [0.15, 0.2) is 59.1 Å². The van der Waals surface area contributed by atoms with Crippen LogP contribution < -0.4 is 14.8 Å². The maximum absolute atomic E-state index is 11.8. The van der Waals surface area contributed by atoms with Crippen LogP contribution in [0, 0.1) is 16.0 Å². The minimum Gasteiger partial charge on any atom is -0.493 e. The summed E-state index contributed by atoms with van der Waals surface area (Å²) in [5, 5.41) is 16.8. The van der Waals surface area contributed by atoms with Gasteiger partial charge in [-0.15, -0.1) is 0 Å². The molecule has 6 nitrogen and oxygen atoms in total. The van der Waals surface area contributed by atoms with Gasteiger partial charge in [-0.1, -0.05) is 53.0 Å². The van der Waals surface area contributed by atoms with Gasteiger partial charge in [-0.2, -0.15) is 0 Å². The van der Waals surface area contributed by atoms with Gasteiger partial charge >= 0.3 is 0 Å². The maximum atomic E-state index is 11.8. The minimum atomic E-state index is -0.348. The van der Waals surface area contributed by atoms with Gasteiger partial charge in [0.25, 0.3) is 5.69 Å². The van der Waals surface area contributed by atoms with Crippen LogP contribution in [-0.4, -0.2) is 12.0 Å². The van der Waals surface area contributed by atoms with Crippen molar-refractivity contribution < 1.29 is 14.4 Å². The average molecular weight is 611 g/mol. The molecule has 0 saturated heterocycles. The van der Waals surface area contributed by atoms with Crippen LogP contribution >= 0.6 is 50.7 Å². The van der Waals surface area contributed by atoms with Gasteiger partial charge in [0, 0.05) is 27.6 Å². The number of ether oxygens (including phenoxy) is 2. The van der Waals surface area contributed by atoms with Crippen LogP contribution in [0.2, 0.25) is 15.1 Å². The van der Waals surface area contributed by atoms with Crippen molar-refractivity contribution in [3.8, 4) is 11.5 Å². The van der Waals surface area contributed by atoms with Crippen LogP contribution in [0.4, 0.5) is 11.4 Å². The number of rotatable bonds is 6. The Morgan fingerprint density at radius 2 is 1.94 bits per heavy atom. The number of methoxy groups -OCH3 is 1. The van der Waals surface area contributed by atoms with E-state index in [4.69, 9.17) is 44.3 Å². The van der Waals surface area contributed by atoms with E-state index < -0.39 is 0 Å². The van der Waals surface area contributed by atoms with Crippen molar-refractivity contribution >= 4 is 62.1 Å². The Kier molecular flexibility index (Phi) is 7.10. The molecule has 0 saturated carbocycles. The molecule has 36 heavy (non-hydrogen) atoms. The van der Waals surface area contributed by atoms with Gasteiger partial charge in [-0.05, 0) is 64.2 Å². The number of allylic oxidation sites excluding steroid dienone is 2. The largest absolute Gasteiger partial charge is 0.493 e. The third-order valence-corrected chi connectivity index (χ3v) is 8.13. The van der Waals surface area contributed by atoms with Crippen molar-refractivity contribution in [1.82, 2.24) is 0 Å². The number of nitro groups is 1. The third-order valence-electron chi connectivity index (χ3n) is 6.64. The quantitative estimate of drug-likeness (QED) is 0.172. The van der Waals surface area contributed by atoms with Crippen LogP contribution in [0.1, 0.15) is 35.1 Å². The van der Waals surface area contributed by atoms with Crippen LogP contribution in [-0.2, 0) is 6.61 Å². The SMILES string of the molecule is COc1cc([C@@H]2Nc3c(Cl)ccc([N+](=O)[O-])c3[C@@H]3C=CC[C@@H]32)cc(Br)c1OCc1ccc(Cl)cc1Cl. The number of hydrogen-bond donors (Lipinski definition) is 1. The molecule has 0 fully saturated rings. The predicted molar refractivity (Wildman–Crippen MR) is 146 cm³/mol. The Bertz CT molecular complexity index is 1400. The van der Waals surface area contributed by atoms with Gasteiger partial charge in [0.05, 0.1) is 38.8 Å². The van der Waals surface area contributed by atoms with E-state index in [2.05, 4.69) is 27.3 Å². The van der Waals surface area contributed by atoms with Gasteiger partial charge in [-0.3, -0.25) is 10.1 Å². The Balaban J connectivity index is 1.50. The number of fused-ring (bicyclic) bond motifs is 3. The fourth-order valence-corrected chi connectivity index (χ4v) is 6.25. The number of halogens is 4. The Hall–Kier alpha value is -2.45. The van der Waals surface area contributed by atoms with Crippen molar-refractivity contribution in [1.29, 1.82) is 0 Å². The molecular formula is C26H20BrCl3N2O4. The summed E-state index contributed by atoms with van der Waals surface area (Å²) in [4.78, 5) is 11.4. The van der Waals surface area contributed by atoms with Crippen molar-refractivity contribution in [2.45, 2.75) is 25.0 Å². The first-order valence-electron chi connectivity index (χ1n) is 11.1. The Morgan fingerprint density at radius 1 is 1.14 bits per heavy atom. The molecule has 5 rings (SSSR count). The first kappa shape index (κ1) is 25.2. The number of hydrogen-bond acceptors (Lipinski definition) is 5. The molecule has 0 aromatic heterocycles. The zero-order chi connectivity index (χ0) is 25.6. The molecule has 3 atom stereocenters. The van der Waals surface area contributed by atoms with Gasteiger partial charge in [0.15, 0.2) is 11.5 Å². The zero-order valence-electron chi connectivity index (χ0n) is 18.9. The molecular weight excluding hydrogens is 591 g/mol. The molecule has 10 heteroatoms. The van der Waals surface area contributed by atoms with Crippen LogP contribution in [0.3, 0.4) is 0 Å². The maximum Gasteiger partial charge on any atom is 0.275 e. The van der Waals surface area contributed by atoms with Crippen LogP contribution in [0.5, 0.6) is 11.5 Å². The molecule has 0 amide bonds. The number of nitro benzene ring substituents is 1. The second-order valence-electron chi connectivity index (χ2n) is 8.65. The highest BCUT2D eigenvalue weighted by Gasteiger charge is 2.42. The fraction of sp³-hybridized carbons (Fsp3) is 0.231. The van der Waals surface area contributed by atoms with E-state index in [1.54, 1.807) is 25.3 Å². The summed E-state index contributed by atoms with van der Waals surface area (Å²) in [7, 11) is 1.58. The van der Waals surface area contributed by atoms with Gasteiger partial charge in [0.2, 0.25) is 0 Å². The predicted octanol–water partition coefficient (Wildman–Crippen LogP) is 8.73. The molecule has 3 aromatic carbocycles. The van der Waals surface area contributed by atoms with E-state index in [1.807, 2.05) is 24.3 Å². The summed E-state index contributed by atoms with van der Waals surface area (Å²) >= 11 is 22.5. The highest BCUT2D eigenvalue weighted by Crippen LogP contribution is 2.55. The Morgan fingerprint density at radius 3 is 2.67 bits per heavy atom. The first-order chi connectivity index (χ1) is 17.3. The van der Waals surface area contributed by atoms with E-state index in [-0.39, 0.29) is 35.1 Å². The lowest BCUT2D eigenvalue weighted by molar-refractivity contribution is -0.385. The van der Waals surface area contributed by atoms with E-state index >= 15 is 0 Å². The number of benzene rings is 3. The number of nitrogens with one attached hydrogen (secondary N) is 1. The molecule has 1 N–H and O–H groups in total. The van der Waals surface area contributed by atoms with Gasteiger partial charge in [-0.25, -0.2) is 0 Å². The molecule has 0 spiro atoms. The summed E-state index contributed by atoms with van der Waals surface area (Å²) < 4.78 is 12.5. The van der Waals surface area contributed by atoms with Crippen molar-refractivity contribution in [2.75, 3.05) is 12.4 Å². The molecule has 1 heterocycles. The van der Waals surface area contributed by atoms with Gasteiger partial charge < -0.3 is 14.8 Å². The van der Waals surface area contributed by atoms with Crippen molar-refractivity contribution in [3.05, 3.63) is 101 Å². The monoisotopic (exact) mass is 608 g/mol. The van der Waals surface area contributed by atoms with Crippen molar-refractivity contribution in [2.24, 2.45) is 5.92 Å². The molecule has 186 valence electrons. The molecule has 0 bridgehead atoms. The highest BCUT2D eigenvalue weighted by molar-refractivity contribution is 9.10. The normalized spacial score (nSPS) is 19.9. The number of nitrogens with zero attached hydrogens (tertiary/aromatic N) is 1. The molecule has 3 aromatic rings. The van der Waals surface area contributed by atoms with E-state index in [9.17, 15) is 10.1 Å². The summed E-state index contributed by atoms with van der Waals surface area (Å²) in [5.41, 5.74) is 3.04. The molecule has 2 aliphatic rings.